The van der Waals surface area contributed by atoms with E-state index in [4.69, 9.17) is 0 Å². The number of hydrogen-bond acceptors (Lipinski definition) is 6. The molecule has 5 nitrogen and oxygen atoms in total. The van der Waals surface area contributed by atoms with Gasteiger partial charge in [-0.2, -0.15) is 0 Å². The summed E-state index contributed by atoms with van der Waals surface area (Å²) in [4.78, 5) is 31.3. The van der Waals surface area contributed by atoms with Crippen LogP contribution in [0.15, 0.2) is 82.4 Å². The normalized spacial score (nSPS) is 11.7. The van der Waals surface area contributed by atoms with E-state index in [2.05, 4.69) is 15.6 Å². The zero-order valence-electron chi connectivity index (χ0n) is 17.3. The molecule has 2 heterocycles. The van der Waals surface area contributed by atoms with Crippen LogP contribution in [0.5, 0.6) is 0 Å². The second kappa shape index (κ2) is 10.6. The van der Waals surface area contributed by atoms with Gasteiger partial charge in [-0.3, -0.25) is 9.59 Å². The molecule has 0 fully saturated rings. The van der Waals surface area contributed by atoms with Crippen LogP contribution in [0.1, 0.15) is 23.0 Å². The highest BCUT2D eigenvalue weighted by atomic mass is 32.2. The number of thioether (sulfide) groups is 1. The number of aromatic nitrogens is 1. The summed E-state index contributed by atoms with van der Waals surface area (Å²) in [6, 6.07) is 21.1. The molecule has 1 atom stereocenters. The van der Waals surface area contributed by atoms with Crippen molar-refractivity contribution >= 4 is 57.1 Å². The highest BCUT2D eigenvalue weighted by Gasteiger charge is 2.20. The van der Waals surface area contributed by atoms with Crippen LogP contribution in [0.25, 0.3) is 11.3 Å². The topological polar surface area (TPSA) is 71.1 Å². The lowest BCUT2D eigenvalue weighted by Crippen LogP contribution is -2.24. The monoisotopic (exact) mass is 479 g/mol. The van der Waals surface area contributed by atoms with Crippen molar-refractivity contribution in [2.24, 2.45) is 0 Å². The predicted molar refractivity (Wildman–Crippen MR) is 135 cm³/mol. The number of hydrogen-bond donors (Lipinski definition) is 2. The van der Waals surface area contributed by atoms with E-state index in [1.54, 1.807) is 6.07 Å². The fourth-order valence-corrected chi connectivity index (χ4v) is 5.35. The van der Waals surface area contributed by atoms with Gasteiger partial charge in [-0.1, -0.05) is 49.4 Å². The highest BCUT2D eigenvalue weighted by molar-refractivity contribution is 8.00. The first-order valence-electron chi connectivity index (χ1n) is 10.1. The molecule has 0 bridgehead atoms. The molecule has 0 aliphatic carbocycles. The first kappa shape index (κ1) is 22.3. The summed E-state index contributed by atoms with van der Waals surface area (Å²) >= 11 is 4.29. The Kier molecular flexibility index (Phi) is 7.36. The van der Waals surface area contributed by atoms with Crippen molar-refractivity contribution in [1.82, 2.24) is 4.98 Å². The predicted octanol–water partition coefficient (Wildman–Crippen LogP) is 6.63. The minimum atomic E-state index is -0.276. The molecule has 0 aliphatic rings. The molecular formula is C24H21N3O2S3. The van der Waals surface area contributed by atoms with Gasteiger partial charge in [0, 0.05) is 21.5 Å². The van der Waals surface area contributed by atoms with Crippen LogP contribution < -0.4 is 10.6 Å². The first-order chi connectivity index (χ1) is 15.6. The van der Waals surface area contributed by atoms with Crippen molar-refractivity contribution in [3.63, 3.8) is 0 Å². The lowest BCUT2D eigenvalue weighted by atomic mass is 10.2. The van der Waals surface area contributed by atoms with E-state index >= 15 is 0 Å². The highest BCUT2D eigenvalue weighted by Crippen LogP contribution is 2.30. The summed E-state index contributed by atoms with van der Waals surface area (Å²) in [5.74, 6) is -0.218. The summed E-state index contributed by atoms with van der Waals surface area (Å²) in [6.45, 7) is 1.98. The minimum Gasteiger partial charge on any atom is -0.321 e. The standard InChI is InChI=1S/C24H21N3O2S3/c1-2-20(22(28)27-24-26-19(15-31-24)16-8-4-3-5-9-16)32-18-11-6-10-17(14-18)25-23(29)21-12-7-13-30-21/h3-15,20H,2H2,1H3,(H,25,29)(H,26,27,28). The maximum Gasteiger partial charge on any atom is 0.265 e. The smallest absolute Gasteiger partial charge is 0.265 e. The van der Waals surface area contributed by atoms with E-state index in [0.717, 1.165) is 16.2 Å². The molecular weight excluding hydrogens is 458 g/mol. The zero-order chi connectivity index (χ0) is 22.3. The lowest BCUT2D eigenvalue weighted by Gasteiger charge is -2.14. The Labute approximate surface area is 198 Å². The third-order valence-electron chi connectivity index (χ3n) is 4.58. The number of thiazole rings is 1. The van der Waals surface area contributed by atoms with E-state index < -0.39 is 0 Å². The maximum absolute atomic E-state index is 12.9. The Hall–Kier alpha value is -2.94. The van der Waals surface area contributed by atoms with Crippen molar-refractivity contribution in [3.05, 3.63) is 82.4 Å². The van der Waals surface area contributed by atoms with E-state index in [9.17, 15) is 9.59 Å². The summed E-state index contributed by atoms with van der Waals surface area (Å²) < 4.78 is 0. The Balaban J connectivity index is 1.39. The zero-order valence-corrected chi connectivity index (χ0v) is 19.7. The Morgan fingerprint density at radius 3 is 2.59 bits per heavy atom. The average molecular weight is 480 g/mol. The van der Waals surface area contributed by atoms with Gasteiger partial charge in [-0.25, -0.2) is 4.98 Å². The molecule has 4 aromatic rings. The molecule has 32 heavy (non-hydrogen) atoms. The number of anilines is 2. The van der Waals surface area contributed by atoms with Gasteiger partial charge in [0.15, 0.2) is 5.13 Å². The molecule has 0 saturated carbocycles. The Morgan fingerprint density at radius 1 is 1.00 bits per heavy atom. The van der Waals surface area contributed by atoms with Crippen molar-refractivity contribution in [3.8, 4) is 11.3 Å². The molecule has 0 saturated heterocycles. The number of amides is 2. The summed E-state index contributed by atoms with van der Waals surface area (Å²) in [6.07, 6.45) is 0.666. The third-order valence-corrected chi connectivity index (χ3v) is 7.57. The number of benzene rings is 2. The van der Waals surface area contributed by atoms with Crippen molar-refractivity contribution < 1.29 is 9.59 Å². The molecule has 2 aromatic heterocycles. The second-order valence-electron chi connectivity index (χ2n) is 6.87. The molecule has 0 radical (unpaired) electrons. The van der Waals surface area contributed by atoms with E-state index in [1.807, 2.05) is 78.3 Å². The van der Waals surface area contributed by atoms with E-state index in [1.165, 1.54) is 34.4 Å². The van der Waals surface area contributed by atoms with Gasteiger partial charge in [-0.15, -0.1) is 34.4 Å². The van der Waals surface area contributed by atoms with Crippen LogP contribution >= 0.6 is 34.4 Å². The molecule has 4 rings (SSSR count). The van der Waals surface area contributed by atoms with Crippen LogP contribution in [0.2, 0.25) is 0 Å². The molecule has 2 N–H and O–H groups in total. The van der Waals surface area contributed by atoms with Gasteiger partial charge in [0.25, 0.3) is 5.91 Å². The van der Waals surface area contributed by atoms with E-state index in [0.29, 0.717) is 22.1 Å². The van der Waals surface area contributed by atoms with Gasteiger partial charge < -0.3 is 10.6 Å². The number of carbonyl (C=O) groups excluding carboxylic acids is 2. The first-order valence-corrected chi connectivity index (χ1v) is 12.7. The van der Waals surface area contributed by atoms with Crippen LogP contribution in [0.3, 0.4) is 0 Å². The van der Waals surface area contributed by atoms with Gasteiger partial charge in [0.05, 0.1) is 15.8 Å². The Bertz CT molecular complexity index is 1190. The molecule has 0 aliphatic heterocycles. The summed E-state index contributed by atoms with van der Waals surface area (Å²) in [5.41, 5.74) is 2.57. The molecule has 8 heteroatoms. The number of thiophene rings is 1. The van der Waals surface area contributed by atoms with Crippen molar-refractivity contribution in [2.45, 2.75) is 23.5 Å². The Morgan fingerprint density at radius 2 is 1.84 bits per heavy atom. The van der Waals surface area contributed by atoms with Crippen molar-refractivity contribution in [2.75, 3.05) is 10.6 Å². The van der Waals surface area contributed by atoms with Crippen LogP contribution in [0.4, 0.5) is 10.8 Å². The van der Waals surface area contributed by atoms with Crippen molar-refractivity contribution in [1.29, 1.82) is 0 Å². The number of nitrogens with one attached hydrogen (secondary N) is 2. The fourth-order valence-electron chi connectivity index (χ4n) is 2.99. The minimum absolute atomic E-state index is 0.0838. The quantitative estimate of drug-likeness (QED) is 0.278. The number of nitrogens with zero attached hydrogens (tertiary/aromatic N) is 1. The second-order valence-corrected chi connectivity index (χ2v) is 9.95. The largest absolute Gasteiger partial charge is 0.321 e. The van der Waals surface area contributed by atoms with Crippen LogP contribution in [-0.2, 0) is 4.79 Å². The lowest BCUT2D eigenvalue weighted by molar-refractivity contribution is -0.115. The molecule has 162 valence electrons. The molecule has 1 unspecified atom stereocenters. The molecule has 2 amide bonds. The van der Waals surface area contributed by atoms with E-state index in [-0.39, 0.29) is 17.1 Å². The molecule has 0 spiro atoms. The average Bonchev–Trinajstić information content (AvgIpc) is 3.51. The van der Waals surface area contributed by atoms with Crippen LogP contribution in [-0.4, -0.2) is 22.0 Å². The van der Waals surface area contributed by atoms with Gasteiger partial charge in [0.1, 0.15) is 0 Å². The third kappa shape index (κ3) is 5.64. The summed E-state index contributed by atoms with van der Waals surface area (Å²) in [5, 5.41) is 9.99. The van der Waals surface area contributed by atoms with Crippen LogP contribution in [0, 0.1) is 0 Å². The molecule has 2 aromatic carbocycles. The number of rotatable bonds is 8. The van der Waals surface area contributed by atoms with Gasteiger partial charge >= 0.3 is 0 Å². The number of carbonyl (C=O) groups is 2. The fraction of sp³-hybridized carbons (Fsp3) is 0.125. The maximum atomic E-state index is 12.9. The SMILES string of the molecule is CCC(Sc1cccc(NC(=O)c2cccs2)c1)C(=O)Nc1nc(-c2ccccc2)cs1. The van der Waals surface area contributed by atoms with Gasteiger partial charge in [0.2, 0.25) is 5.91 Å². The van der Waals surface area contributed by atoms with Gasteiger partial charge in [-0.05, 0) is 36.1 Å². The summed E-state index contributed by atoms with van der Waals surface area (Å²) in [7, 11) is 0.